The van der Waals surface area contributed by atoms with E-state index < -0.39 is 7.12 Å². The summed E-state index contributed by atoms with van der Waals surface area (Å²) in [6.45, 7) is 1.36. The Morgan fingerprint density at radius 3 is 2.43 bits per heavy atom. The summed E-state index contributed by atoms with van der Waals surface area (Å²) in [6, 6.07) is 14.1. The highest BCUT2D eigenvalue weighted by Gasteiger charge is 2.09. The molecule has 0 saturated heterocycles. The maximum absolute atomic E-state index is 8.97. The zero-order chi connectivity index (χ0) is 15.1. The summed E-state index contributed by atoms with van der Waals surface area (Å²) in [5.41, 5.74) is 1.45. The largest absolute Gasteiger partial charge is 0.491 e. The van der Waals surface area contributed by atoms with Gasteiger partial charge >= 0.3 is 7.12 Å². The fourth-order valence-corrected chi connectivity index (χ4v) is 1.98. The molecule has 110 valence electrons. The number of hydrogen-bond donors (Lipinski definition) is 2. The van der Waals surface area contributed by atoms with Crippen LogP contribution >= 0.6 is 11.6 Å². The number of rotatable bonds is 7. The van der Waals surface area contributed by atoms with Crippen molar-refractivity contribution in [3.05, 3.63) is 59.1 Å². The molecule has 0 atom stereocenters. The van der Waals surface area contributed by atoms with Crippen molar-refractivity contribution >= 4 is 24.2 Å². The fraction of sp³-hybridized carbons (Fsp3) is 0.200. The molecule has 4 nitrogen and oxygen atoms in total. The van der Waals surface area contributed by atoms with Crippen LogP contribution < -0.4 is 10.2 Å². The second-order valence-electron chi connectivity index (χ2n) is 4.47. The van der Waals surface area contributed by atoms with Crippen molar-refractivity contribution < 1.29 is 19.5 Å². The van der Waals surface area contributed by atoms with Gasteiger partial charge in [-0.25, -0.2) is 0 Å². The van der Waals surface area contributed by atoms with E-state index in [1.165, 1.54) is 0 Å². The van der Waals surface area contributed by atoms with Crippen molar-refractivity contribution in [2.45, 2.75) is 6.61 Å². The third-order valence-electron chi connectivity index (χ3n) is 2.83. The maximum Gasteiger partial charge on any atom is 0.488 e. The summed E-state index contributed by atoms with van der Waals surface area (Å²) in [7, 11) is -1.46. The second kappa shape index (κ2) is 8.05. The predicted molar refractivity (Wildman–Crippen MR) is 82.9 cm³/mol. The SMILES string of the molecule is OB(O)c1ccc(OCCOCc2cccc(Cl)c2)cc1. The summed E-state index contributed by atoms with van der Waals surface area (Å²) < 4.78 is 11.0. The molecule has 21 heavy (non-hydrogen) atoms. The third-order valence-corrected chi connectivity index (χ3v) is 3.07. The number of benzene rings is 2. The normalized spacial score (nSPS) is 10.4. The molecule has 0 saturated carbocycles. The van der Waals surface area contributed by atoms with E-state index in [1.54, 1.807) is 24.3 Å². The summed E-state index contributed by atoms with van der Waals surface area (Å²) in [4.78, 5) is 0. The van der Waals surface area contributed by atoms with Gasteiger partial charge in [0.2, 0.25) is 0 Å². The van der Waals surface area contributed by atoms with Crippen LogP contribution in [0.3, 0.4) is 0 Å². The molecule has 0 aliphatic carbocycles. The Labute approximate surface area is 129 Å². The van der Waals surface area contributed by atoms with E-state index in [4.69, 9.17) is 31.1 Å². The summed E-state index contributed by atoms with van der Waals surface area (Å²) in [5, 5.41) is 18.6. The van der Waals surface area contributed by atoms with E-state index in [0.29, 0.717) is 36.1 Å². The Morgan fingerprint density at radius 1 is 1.00 bits per heavy atom. The van der Waals surface area contributed by atoms with Crippen molar-refractivity contribution in [1.82, 2.24) is 0 Å². The van der Waals surface area contributed by atoms with Gasteiger partial charge in [-0.1, -0.05) is 35.9 Å². The Morgan fingerprint density at radius 2 is 1.76 bits per heavy atom. The first-order valence-electron chi connectivity index (χ1n) is 6.56. The van der Waals surface area contributed by atoms with Crippen LogP contribution in [0.2, 0.25) is 5.02 Å². The van der Waals surface area contributed by atoms with E-state index in [1.807, 2.05) is 24.3 Å². The van der Waals surface area contributed by atoms with E-state index in [0.717, 1.165) is 5.56 Å². The highest BCUT2D eigenvalue weighted by atomic mass is 35.5. The first-order valence-corrected chi connectivity index (χ1v) is 6.94. The summed E-state index contributed by atoms with van der Waals surface area (Å²) in [6.07, 6.45) is 0. The van der Waals surface area contributed by atoms with Crippen molar-refractivity contribution in [3.8, 4) is 5.75 Å². The molecule has 2 aromatic carbocycles. The van der Waals surface area contributed by atoms with E-state index >= 15 is 0 Å². The van der Waals surface area contributed by atoms with Gasteiger partial charge < -0.3 is 19.5 Å². The molecular weight excluding hydrogens is 290 g/mol. The minimum Gasteiger partial charge on any atom is -0.491 e. The van der Waals surface area contributed by atoms with Crippen LogP contribution in [0.4, 0.5) is 0 Å². The molecule has 0 spiro atoms. The smallest absolute Gasteiger partial charge is 0.488 e. The number of halogens is 1. The van der Waals surface area contributed by atoms with E-state index in [-0.39, 0.29) is 0 Å². The molecule has 6 heteroatoms. The van der Waals surface area contributed by atoms with Gasteiger partial charge in [0, 0.05) is 5.02 Å². The van der Waals surface area contributed by atoms with E-state index in [2.05, 4.69) is 0 Å². The monoisotopic (exact) mass is 306 g/mol. The average molecular weight is 307 g/mol. The molecule has 0 amide bonds. The lowest BCUT2D eigenvalue weighted by Crippen LogP contribution is -2.29. The molecule has 0 unspecified atom stereocenters. The van der Waals surface area contributed by atoms with Gasteiger partial charge in [0.25, 0.3) is 0 Å². The lowest BCUT2D eigenvalue weighted by molar-refractivity contribution is 0.0889. The van der Waals surface area contributed by atoms with Crippen LogP contribution in [0.5, 0.6) is 5.75 Å². The third kappa shape index (κ3) is 5.40. The number of hydrogen-bond acceptors (Lipinski definition) is 4. The van der Waals surface area contributed by atoms with Gasteiger partial charge in [-0.3, -0.25) is 0 Å². The average Bonchev–Trinajstić information content (AvgIpc) is 2.47. The Kier molecular flexibility index (Phi) is 6.08. The van der Waals surface area contributed by atoms with Gasteiger partial charge in [0.05, 0.1) is 13.2 Å². The van der Waals surface area contributed by atoms with Gasteiger partial charge in [0.1, 0.15) is 12.4 Å². The lowest BCUT2D eigenvalue weighted by Gasteiger charge is -2.08. The minimum absolute atomic E-state index is 0.418. The highest BCUT2D eigenvalue weighted by Crippen LogP contribution is 2.11. The molecule has 0 heterocycles. The zero-order valence-corrected chi connectivity index (χ0v) is 12.2. The molecule has 0 aliphatic heterocycles. The molecule has 0 aliphatic rings. The Balaban J connectivity index is 1.67. The van der Waals surface area contributed by atoms with Crippen LogP contribution in [-0.4, -0.2) is 30.4 Å². The molecule has 2 rings (SSSR count). The fourth-order valence-electron chi connectivity index (χ4n) is 1.77. The second-order valence-corrected chi connectivity index (χ2v) is 4.91. The molecule has 0 bridgehead atoms. The van der Waals surface area contributed by atoms with Gasteiger partial charge in [-0.2, -0.15) is 0 Å². The molecular formula is C15H16BClO4. The zero-order valence-electron chi connectivity index (χ0n) is 11.4. The van der Waals surface area contributed by atoms with Gasteiger partial charge in [-0.15, -0.1) is 0 Å². The first-order chi connectivity index (χ1) is 10.1. The standard InChI is InChI=1S/C15H16BClO4/c17-14-3-1-2-12(10-14)11-20-8-9-21-15-6-4-13(5-7-15)16(18)19/h1-7,10,18-19H,8-9,11H2. The first kappa shape index (κ1) is 15.9. The molecule has 2 aromatic rings. The molecule has 0 radical (unpaired) electrons. The Hall–Kier alpha value is -1.53. The molecule has 2 N–H and O–H groups in total. The van der Waals surface area contributed by atoms with Gasteiger partial charge in [0.15, 0.2) is 0 Å². The van der Waals surface area contributed by atoms with E-state index in [9.17, 15) is 0 Å². The summed E-state index contributed by atoms with van der Waals surface area (Å²) in [5.74, 6) is 0.658. The van der Waals surface area contributed by atoms with Crippen molar-refractivity contribution in [1.29, 1.82) is 0 Å². The predicted octanol–water partition coefficient (Wildman–Crippen LogP) is 1.62. The van der Waals surface area contributed by atoms with Crippen LogP contribution in [0, 0.1) is 0 Å². The Bertz CT molecular complexity index is 560. The van der Waals surface area contributed by atoms with Crippen molar-refractivity contribution in [2.24, 2.45) is 0 Å². The van der Waals surface area contributed by atoms with Crippen LogP contribution in [-0.2, 0) is 11.3 Å². The number of ether oxygens (including phenoxy) is 2. The van der Waals surface area contributed by atoms with Crippen LogP contribution in [0.15, 0.2) is 48.5 Å². The highest BCUT2D eigenvalue weighted by molar-refractivity contribution is 6.58. The van der Waals surface area contributed by atoms with Crippen molar-refractivity contribution in [2.75, 3.05) is 13.2 Å². The molecule has 0 fully saturated rings. The van der Waals surface area contributed by atoms with Crippen molar-refractivity contribution in [3.63, 3.8) is 0 Å². The quantitative estimate of drug-likeness (QED) is 0.603. The minimum atomic E-state index is -1.46. The van der Waals surface area contributed by atoms with Gasteiger partial charge in [-0.05, 0) is 35.3 Å². The topological polar surface area (TPSA) is 58.9 Å². The van der Waals surface area contributed by atoms with Crippen LogP contribution in [0.25, 0.3) is 0 Å². The summed E-state index contributed by atoms with van der Waals surface area (Å²) >= 11 is 5.88. The lowest BCUT2D eigenvalue weighted by atomic mass is 9.80. The van der Waals surface area contributed by atoms with Crippen LogP contribution in [0.1, 0.15) is 5.56 Å². The maximum atomic E-state index is 8.97. The molecule has 0 aromatic heterocycles.